The number of carbonyl (C=O) groups excluding carboxylic acids is 1. The minimum atomic E-state index is -0.0859. The second-order valence-electron chi connectivity index (χ2n) is 5.45. The molecule has 0 aliphatic carbocycles. The third-order valence-corrected chi connectivity index (χ3v) is 3.64. The van der Waals surface area contributed by atoms with Gasteiger partial charge in [0, 0.05) is 23.9 Å². The molecule has 7 nitrogen and oxygen atoms in total. The summed E-state index contributed by atoms with van der Waals surface area (Å²) in [7, 11) is 3.15. The van der Waals surface area contributed by atoms with Gasteiger partial charge in [-0.25, -0.2) is 4.99 Å². The van der Waals surface area contributed by atoms with Crippen molar-refractivity contribution in [1.29, 1.82) is 0 Å². The average Bonchev–Trinajstić information content (AvgIpc) is 2.66. The van der Waals surface area contributed by atoms with E-state index in [-0.39, 0.29) is 35.8 Å². The van der Waals surface area contributed by atoms with Gasteiger partial charge in [-0.3, -0.25) is 4.79 Å². The van der Waals surface area contributed by atoms with Gasteiger partial charge in [-0.1, -0.05) is 12.1 Å². The number of halogens is 1. The number of hydrogen-bond donors (Lipinski definition) is 3. The Morgan fingerprint density at radius 1 is 1.07 bits per heavy atom. The van der Waals surface area contributed by atoms with Gasteiger partial charge in [0.05, 0.1) is 20.8 Å². The molecule has 146 valence electrons. The molecule has 0 aromatic heterocycles. The summed E-state index contributed by atoms with van der Waals surface area (Å²) in [6.45, 7) is 2.89. The molecule has 0 spiro atoms. The molecule has 0 saturated heterocycles. The van der Waals surface area contributed by atoms with E-state index in [1.807, 2.05) is 25.1 Å². The number of carbonyl (C=O) groups is 1. The summed E-state index contributed by atoms with van der Waals surface area (Å²) in [6, 6.07) is 12.7. The van der Waals surface area contributed by atoms with Crippen LogP contribution in [0, 0.1) is 0 Å². The van der Waals surface area contributed by atoms with Crippen LogP contribution in [0.2, 0.25) is 0 Å². The molecule has 0 bridgehead atoms. The third kappa shape index (κ3) is 6.63. The van der Waals surface area contributed by atoms with Gasteiger partial charge < -0.3 is 25.8 Å². The van der Waals surface area contributed by atoms with Gasteiger partial charge in [0.2, 0.25) is 0 Å². The molecule has 0 fully saturated rings. The maximum Gasteiger partial charge on any atom is 0.251 e. The topological polar surface area (TPSA) is 98.0 Å². The number of aliphatic imine (C=N–C) groups is 1. The number of nitrogens with one attached hydrogen (secondary N) is 2. The van der Waals surface area contributed by atoms with E-state index in [4.69, 9.17) is 15.2 Å². The van der Waals surface area contributed by atoms with Gasteiger partial charge in [-0.05, 0) is 36.8 Å². The number of benzene rings is 2. The van der Waals surface area contributed by atoms with Gasteiger partial charge in [0.1, 0.15) is 0 Å². The summed E-state index contributed by atoms with van der Waals surface area (Å²) in [6.07, 6.45) is 0. The molecule has 2 aromatic rings. The molecular formula is C19H25IN4O3. The highest BCUT2D eigenvalue weighted by molar-refractivity contribution is 14.0. The van der Waals surface area contributed by atoms with Crippen LogP contribution in [0.1, 0.15) is 22.8 Å². The minimum absolute atomic E-state index is 0. The van der Waals surface area contributed by atoms with Crippen molar-refractivity contribution >= 4 is 41.5 Å². The fourth-order valence-corrected chi connectivity index (χ4v) is 2.30. The average molecular weight is 484 g/mol. The summed E-state index contributed by atoms with van der Waals surface area (Å²) < 4.78 is 10.5. The van der Waals surface area contributed by atoms with Crippen LogP contribution >= 0.6 is 24.0 Å². The highest BCUT2D eigenvalue weighted by Crippen LogP contribution is 2.29. The van der Waals surface area contributed by atoms with E-state index in [0.717, 1.165) is 11.3 Å². The Labute approximate surface area is 176 Å². The Hall–Kier alpha value is -2.49. The maximum absolute atomic E-state index is 11.7. The van der Waals surface area contributed by atoms with Crippen LogP contribution in [0.15, 0.2) is 47.5 Å². The van der Waals surface area contributed by atoms with Crippen molar-refractivity contribution < 1.29 is 14.3 Å². The van der Waals surface area contributed by atoms with E-state index >= 15 is 0 Å². The molecule has 1 amide bonds. The van der Waals surface area contributed by atoms with Gasteiger partial charge in [-0.15, -0.1) is 24.0 Å². The molecular weight excluding hydrogens is 459 g/mol. The molecule has 2 rings (SSSR count). The predicted molar refractivity (Wildman–Crippen MR) is 118 cm³/mol. The molecule has 0 radical (unpaired) electrons. The zero-order valence-corrected chi connectivity index (χ0v) is 17.9. The van der Waals surface area contributed by atoms with E-state index in [9.17, 15) is 4.79 Å². The summed E-state index contributed by atoms with van der Waals surface area (Å²) in [5.41, 5.74) is 8.26. The summed E-state index contributed by atoms with van der Waals surface area (Å²) in [4.78, 5) is 16.0. The van der Waals surface area contributed by atoms with Crippen LogP contribution in [-0.2, 0) is 6.54 Å². The monoisotopic (exact) mass is 484 g/mol. The van der Waals surface area contributed by atoms with Crippen molar-refractivity contribution in [3.05, 3.63) is 53.6 Å². The van der Waals surface area contributed by atoms with Crippen molar-refractivity contribution in [2.24, 2.45) is 10.7 Å². The van der Waals surface area contributed by atoms with Crippen molar-refractivity contribution in [2.75, 3.05) is 26.1 Å². The first kappa shape index (κ1) is 22.6. The second-order valence-corrected chi connectivity index (χ2v) is 5.45. The van der Waals surface area contributed by atoms with E-state index in [1.54, 1.807) is 38.5 Å². The summed E-state index contributed by atoms with van der Waals surface area (Å²) >= 11 is 0. The van der Waals surface area contributed by atoms with Crippen molar-refractivity contribution in [3.63, 3.8) is 0 Å². The Morgan fingerprint density at radius 2 is 1.74 bits per heavy atom. The third-order valence-electron chi connectivity index (χ3n) is 3.64. The Morgan fingerprint density at radius 3 is 2.33 bits per heavy atom. The SMILES string of the molecule is CCNC(=O)c1ccc(CN=C(N)Nc2ccc(OC)c(OC)c2)cc1.I. The summed E-state index contributed by atoms with van der Waals surface area (Å²) in [5, 5.41) is 5.77. The molecule has 0 atom stereocenters. The molecule has 4 N–H and O–H groups in total. The smallest absolute Gasteiger partial charge is 0.251 e. The number of anilines is 1. The van der Waals surface area contributed by atoms with Crippen molar-refractivity contribution in [3.8, 4) is 11.5 Å². The van der Waals surface area contributed by atoms with Crippen LogP contribution in [0.5, 0.6) is 11.5 Å². The fraction of sp³-hybridized carbons (Fsp3) is 0.263. The number of amides is 1. The standard InChI is InChI=1S/C19H24N4O3.HI/c1-4-21-18(24)14-7-5-13(6-8-14)12-22-19(20)23-15-9-10-16(25-2)17(11-15)26-3;/h5-11H,4,12H2,1-3H3,(H,21,24)(H3,20,22,23);1H. The molecule has 2 aromatic carbocycles. The second kappa shape index (κ2) is 11.3. The molecule has 8 heteroatoms. The highest BCUT2D eigenvalue weighted by atomic mass is 127. The largest absolute Gasteiger partial charge is 0.493 e. The van der Waals surface area contributed by atoms with Crippen molar-refractivity contribution in [1.82, 2.24) is 5.32 Å². The Bertz CT molecular complexity index is 779. The van der Waals surface area contributed by atoms with Gasteiger partial charge in [0.25, 0.3) is 5.91 Å². The Balaban J connectivity index is 0.00000364. The van der Waals surface area contributed by atoms with E-state index in [1.165, 1.54) is 0 Å². The number of hydrogen-bond acceptors (Lipinski definition) is 4. The first-order valence-corrected chi connectivity index (χ1v) is 8.23. The lowest BCUT2D eigenvalue weighted by molar-refractivity contribution is 0.0956. The summed E-state index contributed by atoms with van der Waals surface area (Å²) in [5.74, 6) is 1.44. The quantitative estimate of drug-likeness (QED) is 0.319. The number of nitrogens with two attached hydrogens (primary N) is 1. The zero-order chi connectivity index (χ0) is 18.9. The van der Waals surface area contributed by atoms with Crippen LogP contribution in [0.25, 0.3) is 0 Å². The van der Waals surface area contributed by atoms with E-state index in [2.05, 4.69) is 15.6 Å². The number of methoxy groups -OCH3 is 2. The van der Waals surface area contributed by atoms with Crippen LogP contribution in [0.4, 0.5) is 5.69 Å². The first-order valence-electron chi connectivity index (χ1n) is 8.23. The maximum atomic E-state index is 11.7. The number of nitrogens with zero attached hydrogens (tertiary/aromatic N) is 1. The lowest BCUT2D eigenvalue weighted by Crippen LogP contribution is -2.23. The first-order chi connectivity index (χ1) is 12.6. The number of rotatable bonds is 7. The van der Waals surface area contributed by atoms with Gasteiger partial charge in [0.15, 0.2) is 17.5 Å². The molecule has 0 aliphatic heterocycles. The number of ether oxygens (including phenoxy) is 2. The lowest BCUT2D eigenvalue weighted by Gasteiger charge is -2.11. The lowest BCUT2D eigenvalue weighted by atomic mass is 10.1. The molecule has 0 aliphatic rings. The molecule has 0 saturated carbocycles. The molecule has 0 heterocycles. The van der Waals surface area contributed by atoms with Crippen LogP contribution in [-0.4, -0.2) is 32.6 Å². The van der Waals surface area contributed by atoms with Gasteiger partial charge >= 0.3 is 0 Å². The fourth-order valence-electron chi connectivity index (χ4n) is 2.30. The molecule has 0 unspecified atom stereocenters. The normalized spacial score (nSPS) is 10.6. The zero-order valence-electron chi connectivity index (χ0n) is 15.6. The van der Waals surface area contributed by atoms with Gasteiger partial charge in [-0.2, -0.15) is 0 Å². The minimum Gasteiger partial charge on any atom is -0.493 e. The van der Waals surface area contributed by atoms with Crippen LogP contribution < -0.4 is 25.8 Å². The van der Waals surface area contributed by atoms with E-state index < -0.39 is 0 Å². The molecule has 27 heavy (non-hydrogen) atoms. The van der Waals surface area contributed by atoms with Crippen molar-refractivity contribution in [2.45, 2.75) is 13.5 Å². The number of guanidine groups is 1. The predicted octanol–water partition coefficient (Wildman–Crippen LogP) is 3.00. The van der Waals surface area contributed by atoms with E-state index in [0.29, 0.717) is 30.2 Å². The highest BCUT2D eigenvalue weighted by Gasteiger charge is 2.06. The Kier molecular flexibility index (Phi) is 9.41. The van der Waals surface area contributed by atoms with Crippen LogP contribution in [0.3, 0.4) is 0 Å².